The first-order valence-electron chi connectivity index (χ1n) is 4.40. The van der Waals surface area contributed by atoms with Gasteiger partial charge in [-0.1, -0.05) is 0 Å². The van der Waals surface area contributed by atoms with Gasteiger partial charge in [0.15, 0.2) is 0 Å². The fourth-order valence-electron chi connectivity index (χ4n) is 1.12. The van der Waals surface area contributed by atoms with Crippen LogP contribution in [0, 0.1) is 11.6 Å². The maximum atomic E-state index is 13.3. The minimum absolute atomic E-state index is 0.135. The molecule has 3 nitrogen and oxygen atoms in total. The molecule has 0 bridgehead atoms. The molecule has 1 aromatic carbocycles. The predicted octanol–water partition coefficient (Wildman–Crippen LogP) is 2.48. The molecule has 0 amide bonds. The van der Waals surface area contributed by atoms with Crippen LogP contribution in [0.5, 0.6) is 0 Å². The van der Waals surface area contributed by atoms with Gasteiger partial charge in [-0.25, -0.2) is 13.6 Å². The lowest BCUT2D eigenvalue weighted by Gasteiger charge is -2.12. The quantitative estimate of drug-likeness (QED) is 0.814. The van der Waals surface area contributed by atoms with E-state index in [-0.39, 0.29) is 11.7 Å². The summed E-state index contributed by atoms with van der Waals surface area (Å²) in [5, 5.41) is 11.1. The van der Waals surface area contributed by atoms with Crippen LogP contribution >= 0.6 is 0 Å². The smallest absolute Gasteiger partial charge is 0.335 e. The number of halogens is 2. The second-order valence-corrected chi connectivity index (χ2v) is 3.42. The molecule has 1 aromatic rings. The summed E-state index contributed by atoms with van der Waals surface area (Å²) in [6.07, 6.45) is 0. The summed E-state index contributed by atoms with van der Waals surface area (Å²) in [6, 6.07) is 1.44. The van der Waals surface area contributed by atoms with E-state index in [9.17, 15) is 13.6 Å². The minimum Gasteiger partial charge on any atom is -0.478 e. The lowest BCUT2D eigenvalue weighted by atomic mass is 10.1. The van der Waals surface area contributed by atoms with Crippen molar-refractivity contribution >= 4 is 11.7 Å². The Balaban J connectivity index is 3.15. The van der Waals surface area contributed by atoms with Crippen molar-refractivity contribution in [1.29, 1.82) is 0 Å². The molecule has 0 aliphatic heterocycles. The molecule has 2 N–H and O–H groups in total. The average Bonchev–Trinajstić information content (AvgIpc) is 2.10. The Morgan fingerprint density at radius 1 is 1.33 bits per heavy atom. The predicted molar refractivity (Wildman–Crippen MR) is 52.1 cm³/mol. The number of rotatable bonds is 3. The average molecular weight is 215 g/mol. The lowest BCUT2D eigenvalue weighted by molar-refractivity contribution is 0.0696. The highest BCUT2D eigenvalue weighted by atomic mass is 19.1. The van der Waals surface area contributed by atoms with E-state index in [2.05, 4.69) is 5.32 Å². The summed E-state index contributed by atoms with van der Waals surface area (Å²) in [4.78, 5) is 10.5. The van der Waals surface area contributed by atoms with E-state index in [1.165, 1.54) is 0 Å². The molecule has 0 unspecified atom stereocenters. The zero-order chi connectivity index (χ0) is 11.6. The molecule has 0 saturated heterocycles. The number of benzene rings is 1. The summed E-state index contributed by atoms with van der Waals surface area (Å²) in [5.74, 6) is -3.16. The molecule has 5 heteroatoms. The van der Waals surface area contributed by atoms with Crippen LogP contribution in [-0.4, -0.2) is 17.1 Å². The second kappa shape index (κ2) is 4.25. The van der Waals surface area contributed by atoms with Crippen molar-refractivity contribution in [3.8, 4) is 0 Å². The van der Waals surface area contributed by atoms with Gasteiger partial charge in [-0.15, -0.1) is 0 Å². The Bertz CT molecular complexity index is 368. The molecule has 0 spiro atoms. The van der Waals surface area contributed by atoms with Crippen molar-refractivity contribution in [2.75, 3.05) is 5.32 Å². The number of anilines is 1. The number of carboxylic acids is 1. The van der Waals surface area contributed by atoms with Crippen LogP contribution in [-0.2, 0) is 0 Å². The summed E-state index contributed by atoms with van der Waals surface area (Å²) >= 11 is 0. The molecule has 0 aliphatic carbocycles. The largest absolute Gasteiger partial charge is 0.478 e. The normalized spacial score (nSPS) is 10.5. The number of hydrogen-bond donors (Lipinski definition) is 2. The first-order chi connectivity index (χ1) is 6.91. The van der Waals surface area contributed by atoms with Gasteiger partial charge in [0.1, 0.15) is 17.3 Å². The number of nitrogens with one attached hydrogen (secondary N) is 1. The minimum atomic E-state index is -1.36. The fourth-order valence-corrected chi connectivity index (χ4v) is 1.12. The third-order valence-corrected chi connectivity index (χ3v) is 1.72. The Morgan fingerprint density at radius 2 is 1.80 bits per heavy atom. The summed E-state index contributed by atoms with van der Waals surface area (Å²) < 4.78 is 26.5. The SMILES string of the molecule is CC(C)Nc1c(F)cc(C(=O)O)cc1F. The highest BCUT2D eigenvalue weighted by Crippen LogP contribution is 2.21. The Morgan fingerprint density at radius 3 is 2.13 bits per heavy atom. The molecule has 15 heavy (non-hydrogen) atoms. The van der Waals surface area contributed by atoms with Gasteiger partial charge in [-0.05, 0) is 26.0 Å². The fraction of sp³-hybridized carbons (Fsp3) is 0.300. The maximum Gasteiger partial charge on any atom is 0.335 e. The van der Waals surface area contributed by atoms with Crippen molar-refractivity contribution in [3.05, 3.63) is 29.3 Å². The van der Waals surface area contributed by atoms with E-state index in [1.54, 1.807) is 13.8 Å². The summed E-state index contributed by atoms with van der Waals surface area (Å²) in [6.45, 7) is 3.45. The third kappa shape index (κ3) is 2.65. The Labute approximate surface area is 85.7 Å². The zero-order valence-corrected chi connectivity index (χ0v) is 8.34. The molecule has 0 saturated carbocycles. The Hall–Kier alpha value is -1.65. The van der Waals surface area contributed by atoms with Crippen molar-refractivity contribution in [2.24, 2.45) is 0 Å². The number of hydrogen-bond acceptors (Lipinski definition) is 2. The Kier molecular flexibility index (Phi) is 3.24. The van der Waals surface area contributed by atoms with E-state index in [1.807, 2.05) is 0 Å². The molecule has 1 rings (SSSR count). The van der Waals surface area contributed by atoms with Gasteiger partial charge in [-0.2, -0.15) is 0 Å². The van der Waals surface area contributed by atoms with E-state index in [0.29, 0.717) is 0 Å². The topological polar surface area (TPSA) is 49.3 Å². The van der Waals surface area contributed by atoms with E-state index >= 15 is 0 Å². The standard InChI is InChI=1S/C10H11F2NO2/c1-5(2)13-9-7(11)3-6(10(14)15)4-8(9)12/h3-5,13H,1-2H3,(H,14,15). The van der Waals surface area contributed by atoms with Crippen molar-refractivity contribution in [3.63, 3.8) is 0 Å². The molecule has 0 atom stereocenters. The third-order valence-electron chi connectivity index (χ3n) is 1.72. The highest BCUT2D eigenvalue weighted by molar-refractivity contribution is 5.88. The van der Waals surface area contributed by atoms with Crippen molar-refractivity contribution in [2.45, 2.75) is 19.9 Å². The van der Waals surface area contributed by atoms with Gasteiger partial charge >= 0.3 is 5.97 Å². The monoisotopic (exact) mass is 215 g/mol. The molecule has 82 valence electrons. The van der Waals surface area contributed by atoms with Gasteiger partial charge < -0.3 is 10.4 Å². The van der Waals surface area contributed by atoms with Gasteiger partial charge in [-0.3, -0.25) is 0 Å². The van der Waals surface area contributed by atoms with Crippen LogP contribution in [0.3, 0.4) is 0 Å². The number of carbonyl (C=O) groups is 1. The molecule has 0 aliphatic rings. The van der Waals surface area contributed by atoms with Crippen LogP contribution in [0.2, 0.25) is 0 Å². The molecular formula is C10H11F2NO2. The maximum absolute atomic E-state index is 13.3. The number of carboxylic acid groups (broad SMARTS) is 1. The molecule has 0 fully saturated rings. The number of aromatic carboxylic acids is 1. The van der Waals surface area contributed by atoms with Gasteiger partial charge in [0.25, 0.3) is 0 Å². The van der Waals surface area contributed by atoms with E-state index < -0.39 is 23.2 Å². The van der Waals surface area contributed by atoms with E-state index in [4.69, 9.17) is 5.11 Å². The summed E-state index contributed by atoms with van der Waals surface area (Å²) in [7, 11) is 0. The first kappa shape index (κ1) is 11.4. The van der Waals surface area contributed by atoms with Crippen LogP contribution in [0.4, 0.5) is 14.5 Å². The summed E-state index contributed by atoms with van der Waals surface area (Å²) in [5.41, 5.74) is -0.700. The van der Waals surface area contributed by atoms with Crippen molar-refractivity contribution < 1.29 is 18.7 Å². The lowest BCUT2D eigenvalue weighted by Crippen LogP contribution is -2.13. The van der Waals surface area contributed by atoms with Gasteiger partial charge in [0.05, 0.1) is 5.56 Å². The second-order valence-electron chi connectivity index (χ2n) is 3.42. The van der Waals surface area contributed by atoms with Crippen LogP contribution in [0.1, 0.15) is 24.2 Å². The molecular weight excluding hydrogens is 204 g/mol. The highest BCUT2D eigenvalue weighted by Gasteiger charge is 2.14. The van der Waals surface area contributed by atoms with Crippen LogP contribution in [0.25, 0.3) is 0 Å². The molecule has 0 radical (unpaired) electrons. The molecule has 0 aromatic heterocycles. The zero-order valence-electron chi connectivity index (χ0n) is 8.34. The van der Waals surface area contributed by atoms with E-state index in [0.717, 1.165) is 12.1 Å². The molecule has 0 heterocycles. The first-order valence-corrected chi connectivity index (χ1v) is 4.40. The van der Waals surface area contributed by atoms with Gasteiger partial charge in [0, 0.05) is 6.04 Å². The van der Waals surface area contributed by atoms with Crippen LogP contribution < -0.4 is 5.32 Å². The van der Waals surface area contributed by atoms with Gasteiger partial charge in [0.2, 0.25) is 0 Å². The van der Waals surface area contributed by atoms with Crippen LogP contribution in [0.15, 0.2) is 12.1 Å². The van der Waals surface area contributed by atoms with Crippen molar-refractivity contribution in [1.82, 2.24) is 0 Å².